The molecule has 0 aromatic heterocycles. The number of hydrogen-bond donors (Lipinski definition) is 1. The molecule has 2 atom stereocenters. The Hall–Kier alpha value is -0.280. The number of carbonyl (C=O) groups is 1. The monoisotopic (exact) mass is 274 g/mol. The normalized spacial score (nSPS) is 27.9. The Morgan fingerprint density at radius 1 is 1.33 bits per heavy atom. The molecular weight excluding hydrogens is 248 g/mol. The lowest BCUT2D eigenvalue weighted by Gasteiger charge is -2.32. The fourth-order valence-electron chi connectivity index (χ4n) is 3.07. The van der Waals surface area contributed by atoms with E-state index >= 15 is 0 Å². The molecule has 0 aliphatic carbocycles. The summed E-state index contributed by atoms with van der Waals surface area (Å²) in [5.41, 5.74) is 0. The number of hydrogen-bond acceptors (Lipinski definition) is 2. The van der Waals surface area contributed by atoms with Gasteiger partial charge in [0, 0.05) is 19.5 Å². The van der Waals surface area contributed by atoms with Gasteiger partial charge in [0.15, 0.2) is 0 Å². The summed E-state index contributed by atoms with van der Waals surface area (Å²) in [7, 11) is 0. The van der Waals surface area contributed by atoms with E-state index in [-0.39, 0.29) is 12.4 Å². The highest BCUT2D eigenvalue weighted by Crippen LogP contribution is 2.21. The third-order valence-electron chi connectivity index (χ3n) is 4.38. The maximum Gasteiger partial charge on any atom is 0.222 e. The van der Waals surface area contributed by atoms with Crippen LogP contribution >= 0.6 is 12.4 Å². The van der Waals surface area contributed by atoms with Crippen LogP contribution in [-0.2, 0) is 4.79 Å². The van der Waals surface area contributed by atoms with Gasteiger partial charge in [-0.2, -0.15) is 0 Å². The van der Waals surface area contributed by atoms with Gasteiger partial charge in [0.2, 0.25) is 5.91 Å². The Morgan fingerprint density at radius 3 is 2.83 bits per heavy atom. The molecule has 0 bridgehead atoms. The smallest absolute Gasteiger partial charge is 0.222 e. The van der Waals surface area contributed by atoms with Crippen molar-refractivity contribution in [1.82, 2.24) is 10.2 Å². The van der Waals surface area contributed by atoms with Gasteiger partial charge in [-0.15, -0.1) is 12.4 Å². The molecule has 2 saturated heterocycles. The van der Waals surface area contributed by atoms with Crippen molar-refractivity contribution in [3.8, 4) is 0 Å². The quantitative estimate of drug-likeness (QED) is 0.854. The lowest BCUT2D eigenvalue weighted by atomic mass is 9.95. The zero-order valence-corrected chi connectivity index (χ0v) is 12.3. The minimum Gasteiger partial charge on any atom is -0.342 e. The summed E-state index contributed by atoms with van der Waals surface area (Å²) < 4.78 is 0. The topological polar surface area (TPSA) is 32.3 Å². The van der Waals surface area contributed by atoms with Gasteiger partial charge in [-0.1, -0.05) is 13.3 Å². The van der Waals surface area contributed by atoms with Crippen LogP contribution in [0.5, 0.6) is 0 Å². The lowest BCUT2D eigenvalue weighted by Crippen LogP contribution is -2.39. The van der Waals surface area contributed by atoms with Crippen molar-refractivity contribution >= 4 is 18.3 Å². The van der Waals surface area contributed by atoms with Gasteiger partial charge in [0.05, 0.1) is 0 Å². The fraction of sp³-hybridized carbons (Fsp3) is 0.929. The molecule has 2 aliphatic heterocycles. The standard InChI is InChI=1S/C14H26N2O.ClH/c1-2-12-4-3-9-16(11-12)14(17)6-5-13-7-8-15-10-13;/h12-13,15H,2-11H2,1H3;1H. The van der Waals surface area contributed by atoms with Gasteiger partial charge in [-0.3, -0.25) is 4.79 Å². The van der Waals surface area contributed by atoms with E-state index in [9.17, 15) is 4.79 Å². The zero-order valence-electron chi connectivity index (χ0n) is 11.5. The second-order valence-electron chi connectivity index (χ2n) is 5.65. The average molecular weight is 275 g/mol. The number of nitrogens with zero attached hydrogens (tertiary/aromatic N) is 1. The van der Waals surface area contributed by atoms with Crippen LogP contribution in [0.15, 0.2) is 0 Å². The van der Waals surface area contributed by atoms with E-state index in [1.807, 2.05) is 0 Å². The maximum atomic E-state index is 12.1. The first-order valence-electron chi connectivity index (χ1n) is 7.28. The van der Waals surface area contributed by atoms with Crippen LogP contribution < -0.4 is 5.32 Å². The summed E-state index contributed by atoms with van der Waals surface area (Å²) in [6.45, 7) is 6.50. The molecule has 0 aromatic carbocycles. The molecule has 4 heteroatoms. The molecule has 0 saturated carbocycles. The first kappa shape index (κ1) is 15.8. The molecule has 0 radical (unpaired) electrons. The Morgan fingerprint density at radius 2 is 2.17 bits per heavy atom. The van der Waals surface area contributed by atoms with Crippen LogP contribution in [0.3, 0.4) is 0 Å². The van der Waals surface area contributed by atoms with Gasteiger partial charge in [0.1, 0.15) is 0 Å². The van der Waals surface area contributed by atoms with Crippen LogP contribution in [0.4, 0.5) is 0 Å². The number of nitrogens with one attached hydrogen (secondary N) is 1. The molecule has 0 aromatic rings. The van der Waals surface area contributed by atoms with E-state index in [1.165, 1.54) is 25.7 Å². The van der Waals surface area contributed by atoms with Crippen molar-refractivity contribution < 1.29 is 4.79 Å². The number of amides is 1. The average Bonchev–Trinajstić information content (AvgIpc) is 2.89. The van der Waals surface area contributed by atoms with E-state index in [1.54, 1.807) is 0 Å². The number of rotatable bonds is 4. The first-order chi connectivity index (χ1) is 8.29. The van der Waals surface area contributed by atoms with Crippen LogP contribution in [0.1, 0.15) is 45.4 Å². The third kappa shape index (κ3) is 4.43. The molecular formula is C14H27ClN2O. The molecule has 2 aliphatic rings. The second-order valence-corrected chi connectivity index (χ2v) is 5.65. The van der Waals surface area contributed by atoms with Crippen LogP contribution in [0.2, 0.25) is 0 Å². The minimum absolute atomic E-state index is 0. The van der Waals surface area contributed by atoms with Gasteiger partial charge < -0.3 is 10.2 Å². The number of carbonyl (C=O) groups excluding carboxylic acids is 1. The minimum atomic E-state index is 0. The molecule has 18 heavy (non-hydrogen) atoms. The van der Waals surface area contributed by atoms with E-state index in [4.69, 9.17) is 0 Å². The van der Waals surface area contributed by atoms with Gasteiger partial charge in [-0.05, 0) is 50.6 Å². The van der Waals surface area contributed by atoms with Crippen molar-refractivity contribution in [2.24, 2.45) is 11.8 Å². The van der Waals surface area contributed by atoms with Crippen LogP contribution in [0, 0.1) is 11.8 Å². The summed E-state index contributed by atoms with van der Waals surface area (Å²) in [6.07, 6.45) is 6.84. The highest BCUT2D eigenvalue weighted by Gasteiger charge is 2.23. The largest absolute Gasteiger partial charge is 0.342 e. The maximum absolute atomic E-state index is 12.1. The Labute approximate surface area is 117 Å². The Bertz CT molecular complexity index is 254. The van der Waals surface area contributed by atoms with E-state index in [0.29, 0.717) is 5.91 Å². The van der Waals surface area contributed by atoms with Crippen LogP contribution in [0.25, 0.3) is 0 Å². The molecule has 1 amide bonds. The van der Waals surface area contributed by atoms with Crippen molar-refractivity contribution in [2.45, 2.75) is 45.4 Å². The molecule has 1 N–H and O–H groups in total. The van der Waals surface area contributed by atoms with E-state index < -0.39 is 0 Å². The highest BCUT2D eigenvalue weighted by molar-refractivity contribution is 5.85. The molecule has 2 rings (SSSR count). The number of piperidine rings is 1. The molecule has 3 nitrogen and oxygen atoms in total. The second kappa shape index (κ2) is 8.00. The summed E-state index contributed by atoms with van der Waals surface area (Å²) in [5.74, 6) is 1.89. The highest BCUT2D eigenvalue weighted by atomic mass is 35.5. The molecule has 0 spiro atoms. The predicted octanol–water partition coefficient (Wildman–Crippen LogP) is 2.45. The molecule has 106 valence electrons. The molecule has 2 unspecified atom stereocenters. The van der Waals surface area contributed by atoms with Crippen molar-refractivity contribution in [1.29, 1.82) is 0 Å². The zero-order chi connectivity index (χ0) is 12.1. The van der Waals surface area contributed by atoms with E-state index in [0.717, 1.165) is 50.9 Å². The van der Waals surface area contributed by atoms with Crippen molar-refractivity contribution in [3.63, 3.8) is 0 Å². The third-order valence-corrected chi connectivity index (χ3v) is 4.38. The summed E-state index contributed by atoms with van der Waals surface area (Å²) in [6, 6.07) is 0. The Balaban J connectivity index is 0.00000162. The van der Waals surface area contributed by atoms with Gasteiger partial charge >= 0.3 is 0 Å². The summed E-state index contributed by atoms with van der Waals surface area (Å²) in [5, 5.41) is 3.37. The number of likely N-dealkylation sites (tertiary alicyclic amines) is 1. The summed E-state index contributed by atoms with van der Waals surface area (Å²) in [4.78, 5) is 14.2. The lowest BCUT2D eigenvalue weighted by molar-refractivity contribution is -0.133. The number of halogens is 1. The Kier molecular flexibility index (Phi) is 7.02. The van der Waals surface area contributed by atoms with E-state index in [2.05, 4.69) is 17.1 Å². The van der Waals surface area contributed by atoms with Crippen molar-refractivity contribution in [3.05, 3.63) is 0 Å². The van der Waals surface area contributed by atoms with Gasteiger partial charge in [-0.25, -0.2) is 0 Å². The SMILES string of the molecule is CCC1CCCN(C(=O)CCC2CCNC2)C1.Cl. The predicted molar refractivity (Wildman–Crippen MR) is 77.1 cm³/mol. The fourth-order valence-corrected chi connectivity index (χ4v) is 3.07. The summed E-state index contributed by atoms with van der Waals surface area (Å²) >= 11 is 0. The van der Waals surface area contributed by atoms with Crippen molar-refractivity contribution in [2.75, 3.05) is 26.2 Å². The van der Waals surface area contributed by atoms with Crippen LogP contribution in [-0.4, -0.2) is 37.0 Å². The molecule has 2 fully saturated rings. The molecule has 2 heterocycles. The first-order valence-corrected chi connectivity index (χ1v) is 7.28. The van der Waals surface area contributed by atoms with Gasteiger partial charge in [0.25, 0.3) is 0 Å².